The molecule has 1 aliphatic heterocycles. The van der Waals surface area contributed by atoms with Crippen molar-refractivity contribution in [1.82, 2.24) is 9.88 Å². The molecule has 0 amide bonds. The molecule has 0 bridgehead atoms. The number of thiazole rings is 1. The van der Waals surface area contributed by atoms with E-state index in [1.165, 1.54) is 35.8 Å². The molecule has 1 aliphatic rings. The van der Waals surface area contributed by atoms with Gasteiger partial charge in [-0.1, -0.05) is 13.8 Å². The second kappa shape index (κ2) is 5.94. The monoisotopic (exact) mass is 253 g/mol. The molecule has 1 saturated heterocycles. The van der Waals surface area contributed by atoms with Gasteiger partial charge in [0.2, 0.25) is 0 Å². The van der Waals surface area contributed by atoms with E-state index in [4.69, 9.17) is 5.73 Å². The number of nitrogens with two attached hydrogens (primary N) is 1. The Hall–Kier alpha value is -0.450. The fourth-order valence-corrected chi connectivity index (χ4v) is 3.49. The molecule has 17 heavy (non-hydrogen) atoms. The zero-order chi connectivity index (χ0) is 12.3. The fraction of sp³-hybridized carbons (Fsp3) is 0.769. The molecule has 1 aromatic rings. The molecule has 1 fully saturated rings. The van der Waals surface area contributed by atoms with Gasteiger partial charge in [0.05, 0.1) is 5.01 Å². The van der Waals surface area contributed by atoms with Crippen LogP contribution in [-0.2, 0) is 0 Å². The lowest BCUT2D eigenvalue weighted by molar-refractivity contribution is 0.218. The van der Waals surface area contributed by atoms with Gasteiger partial charge >= 0.3 is 0 Å². The van der Waals surface area contributed by atoms with Crippen LogP contribution in [0.2, 0.25) is 0 Å². The number of piperidine rings is 1. The van der Waals surface area contributed by atoms with Gasteiger partial charge in [0.25, 0.3) is 0 Å². The molecule has 4 heteroatoms. The minimum atomic E-state index is 0.451. The first-order valence-electron chi connectivity index (χ1n) is 6.62. The number of nitrogens with zero attached hydrogens (tertiary/aromatic N) is 2. The van der Waals surface area contributed by atoms with Gasteiger partial charge in [-0.05, 0) is 32.5 Å². The summed E-state index contributed by atoms with van der Waals surface area (Å²) in [4.78, 5) is 8.49. The molecule has 2 N–H and O–H groups in total. The smallest absolute Gasteiger partial charge is 0.0971 e. The van der Waals surface area contributed by atoms with Gasteiger partial charge in [-0.2, -0.15) is 0 Å². The maximum absolute atomic E-state index is 5.71. The van der Waals surface area contributed by atoms with Crippen molar-refractivity contribution in [2.45, 2.75) is 38.5 Å². The van der Waals surface area contributed by atoms with Crippen LogP contribution in [0.3, 0.4) is 0 Å². The first kappa shape index (κ1) is 13.0. The molecule has 0 spiro atoms. The van der Waals surface area contributed by atoms with Gasteiger partial charge in [-0.25, -0.2) is 4.98 Å². The van der Waals surface area contributed by atoms with Gasteiger partial charge in [0, 0.05) is 29.5 Å². The number of aromatic nitrogens is 1. The zero-order valence-corrected chi connectivity index (χ0v) is 11.7. The summed E-state index contributed by atoms with van der Waals surface area (Å²) in [5.41, 5.74) is 5.71. The van der Waals surface area contributed by atoms with E-state index >= 15 is 0 Å². The summed E-state index contributed by atoms with van der Waals surface area (Å²) in [6.45, 7) is 8.73. The minimum Gasteiger partial charge on any atom is -0.330 e. The molecular weight excluding hydrogens is 230 g/mol. The molecule has 2 atom stereocenters. The first-order chi connectivity index (χ1) is 8.24. The number of hydrogen-bond donors (Lipinski definition) is 1. The third-order valence-corrected chi connectivity index (χ3v) is 5.07. The normalized spacial score (nSPS) is 23.8. The van der Waals surface area contributed by atoms with Crippen LogP contribution < -0.4 is 5.73 Å². The predicted molar refractivity (Wildman–Crippen MR) is 73.7 cm³/mol. The van der Waals surface area contributed by atoms with Crippen molar-refractivity contribution >= 4 is 11.3 Å². The first-order valence-corrected chi connectivity index (χ1v) is 7.44. The largest absolute Gasteiger partial charge is 0.330 e. The molecule has 2 rings (SSSR count). The highest BCUT2D eigenvalue weighted by Gasteiger charge is 2.23. The van der Waals surface area contributed by atoms with Crippen molar-refractivity contribution in [3.05, 3.63) is 16.1 Å². The molecular formula is C13H23N3S. The van der Waals surface area contributed by atoms with Gasteiger partial charge in [0.15, 0.2) is 0 Å². The third kappa shape index (κ3) is 3.06. The Morgan fingerprint density at radius 1 is 1.65 bits per heavy atom. The summed E-state index contributed by atoms with van der Waals surface area (Å²) in [5.74, 6) is 1.10. The third-order valence-electron chi connectivity index (χ3n) is 3.68. The Kier molecular flexibility index (Phi) is 4.54. The lowest BCUT2D eigenvalue weighted by atomic mass is 9.99. The molecule has 1 aromatic heterocycles. The molecule has 2 unspecified atom stereocenters. The minimum absolute atomic E-state index is 0.451. The van der Waals surface area contributed by atoms with E-state index in [-0.39, 0.29) is 0 Å². The Morgan fingerprint density at radius 3 is 3.18 bits per heavy atom. The van der Waals surface area contributed by atoms with E-state index < -0.39 is 0 Å². The molecule has 0 aliphatic carbocycles. The Bertz CT molecular complexity index is 350. The average Bonchev–Trinajstić information content (AvgIpc) is 2.87. The topological polar surface area (TPSA) is 42.2 Å². The van der Waals surface area contributed by atoms with Crippen LogP contribution in [0.25, 0.3) is 0 Å². The Balaban J connectivity index is 2.04. The second-order valence-electron chi connectivity index (χ2n) is 4.97. The van der Waals surface area contributed by atoms with E-state index in [0.29, 0.717) is 18.4 Å². The van der Waals surface area contributed by atoms with E-state index in [1.807, 2.05) is 17.5 Å². The van der Waals surface area contributed by atoms with Crippen LogP contribution in [0, 0.1) is 0 Å². The van der Waals surface area contributed by atoms with E-state index in [2.05, 4.69) is 23.7 Å². The fourth-order valence-electron chi connectivity index (χ4n) is 2.38. The van der Waals surface area contributed by atoms with E-state index in [1.54, 1.807) is 0 Å². The summed E-state index contributed by atoms with van der Waals surface area (Å²) < 4.78 is 0. The Morgan fingerprint density at radius 2 is 2.47 bits per heavy atom. The quantitative estimate of drug-likeness (QED) is 0.896. The zero-order valence-electron chi connectivity index (χ0n) is 10.9. The summed E-state index contributed by atoms with van der Waals surface area (Å²) in [7, 11) is 0. The summed E-state index contributed by atoms with van der Waals surface area (Å²) in [5, 5.41) is 1.32. The summed E-state index contributed by atoms with van der Waals surface area (Å²) in [6.07, 6.45) is 4.63. The standard InChI is InChI=1S/C13H23N3S/c1-3-16-6-4-5-11(9-16)13-15-8-12(17-13)10(2)7-14/h8,10-11H,3-7,9,14H2,1-2H3. The number of likely N-dealkylation sites (N-methyl/N-ethyl adjacent to an activating group) is 1. The van der Waals surface area contributed by atoms with Gasteiger partial charge in [-0.15, -0.1) is 11.3 Å². The van der Waals surface area contributed by atoms with Crippen LogP contribution in [-0.4, -0.2) is 36.1 Å². The predicted octanol–water partition coefficient (Wildman–Crippen LogP) is 2.40. The molecule has 96 valence electrons. The van der Waals surface area contributed by atoms with Crippen molar-refractivity contribution in [1.29, 1.82) is 0 Å². The highest BCUT2D eigenvalue weighted by Crippen LogP contribution is 2.32. The van der Waals surface area contributed by atoms with Crippen LogP contribution >= 0.6 is 11.3 Å². The van der Waals surface area contributed by atoms with Gasteiger partial charge in [0.1, 0.15) is 0 Å². The van der Waals surface area contributed by atoms with Gasteiger partial charge in [-0.3, -0.25) is 0 Å². The Labute approximate surface area is 108 Å². The SMILES string of the molecule is CCN1CCCC(c2ncc(C(C)CN)s2)C1. The molecule has 0 aromatic carbocycles. The second-order valence-corrected chi connectivity index (χ2v) is 6.06. The van der Waals surface area contributed by atoms with E-state index in [9.17, 15) is 0 Å². The maximum atomic E-state index is 5.71. The highest BCUT2D eigenvalue weighted by molar-refractivity contribution is 7.11. The van der Waals surface area contributed by atoms with Crippen LogP contribution in [0.4, 0.5) is 0 Å². The van der Waals surface area contributed by atoms with Crippen LogP contribution in [0.1, 0.15) is 48.4 Å². The molecule has 0 saturated carbocycles. The molecule has 2 heterocycles. The molecule has 0 radical (unpaired) electrons. The average molecular weight is 253 g/mol. The number of likely N-dealkylation sites (tertiary alicyclic amines) is 1. The molecule has 3 nitrogen and oxygen atoms in total. The summed E-state index contributed by atoms with van der Waals surface area (Å²) in [6, 6.07) is 0. The number of rotatable bonds is 4. The van der Waals surface area contributed by atoms with Gasteiger partial charge < -0.3 is 10.6 Å². The van der Waals surface area contributed by atoms with Crippen LogP contribution in [0.5, 0.6) is 0 Å². The van der Waals surface area contributed by atoms with Crippen molar-refractivity contribution in [2.75, 3.05) is 26.2 Å². The van der Waals surface area contributed by atoms with Crippen molar-refractivity contribution in [2.24, 2.45) is 5.73 Å². The van der Waals surface area contributed by atoms with Crippen molar-refractivity contribution in [3.63, 3.8) is 0 Å². The maximum Gasteiger partial charge on any atom is 0.0971 e. The highest BCUT2D eigenvalue weighted by atomic mass is 32.1. The van der Waals surface area contributed by atoms with E-state index in [0.717, 1.165) is 6.54 Å². The lowest BCUT2D eigenvalue weighted by Gasteiger charge is -2.30. The van der Waals surface area contributed by atoms with Crippen molar-refractivity contribution < 1.29 is 0 Å². The number of hydrogen-bond acceptors (Lipinski definition) is 4. The summed E-state index contributed by atoms with van der Waals surface area (Å²) >= 11 is 1.87. The van der Waals surface area contributed by atoms with Crippen LogP contribution in [0.15, 0.2) is 6.20 Å². The lowest BCUT2D eigenvalue weighted by Crippen LogP contribution is -2.33. The van der Waals surface area contributed by atoms with Crippen molar-refractivity contribution in [3.8, 4) is 0 Å².